The molecule has 0 amide bonds. The summed E-state index contributed by atoms with van der Waals surface area (Å²) in [6.45, 7) is 3.55. The van der Waals surface area contributed by atoms with E-state index >= 15 is 0 Å². The van der Waals surface area contributed by atoms with Gasteiger partial charge < -0.3 is 10.1 Å². The predicted octanol–water partition coefficient (Wildman–Crippen LogP) is 6.03. The van der Waals surface area contributed by atoms with Crippen LogP contribution in [0.2, 0.25) is 5.02 Å². The molecule has 0 aliphatic heterocycles. The van der Waals surface area contributed by atoms with Gasteiger partial charge in [-0.3, -0.25) is 0 Å². The zero-order chi connectivity index (χ0) is 18.9. The van der Waals surface area contributed by atoms with E-state index in [1.54, 1.807) is 0 Å². The van der Waals surface area contributed by atoms with E-state index < -0.39 is 0 Å². The number of halogens is 1. The number of nitrogens with one attached hydrogen (secondary N) is 1. The Kier molecular flexibility index (Phi) is 7.32. The van der Waals surface area contributed by atoms with Crippen molar-refractivity contribution in [3.63, 3.8) is 0 Å². The molecule has 0 aromatic heterocycles. The fourth-order valence-electron chi connectivity index (χ4n) is 2.93. The maximum atomic E-state index is 6.40. The lowest BCUT2D eigenvalue weighted by molar-refractivity contribution is 0.306. The van der Waals surface area contributed by atoms with Gasteiger partial charge >= 0.3 is 0 Å². The van der Waals surface area contributed by atoms with Crippen LogP contribution in [0.25, 0.3) is 0 Å². The second-order valence-corrected chi connectivity index (χ2v) is 7.25. The quantitative estimate of drug-likeness (QED) is 0.490. The van der Waals surface area contributed by atoms with Gasteiger partial charge in [0.25, 0.3) is 0 Å². The number of ether oxygens (including phenoxy) is 1. The third kappa shape index (κ3) is 6.42. The van der Waals surface area contributed by atoms with Crippen molar-refractivity contribution in [3.05, 3.63) is 101 Å². The zero-order valence-electron chi connectivity index (χ0n) is 15.7. The minimum Gasteiger partial charge on any atom is -0.487 e. The van der Waals surface area contributed by atoms with Crippen LogP contribution >= 0.6 is 11.6 Å². The Morgan fingerprint density at radius 2 is 1.52 bits per heavy atom. The minimum absolute atomic E-state index is 0.443. The van der Waals surface area contributed by atoms with Crippen LogP contribution in [-0.4, -0.2) is 6.04 Å². The van der Waals surface area contributed by atoms with Crippen molar-refractivity contribution in [2.75, 3.05) is 0 Å². The Labute approximate surface area is 167 Å². The molecule has 27 heavy (non-hydrogen) atoms. The smallest absolute Gasteiger partial charge is 0.138 e. The molecule has 0 fully saturated rings. The van der Waals surface area contributed by atoms with Crippen LogP contribution in [-0.2, 0) is 19.6 Å². The van der Waals surface area contributed by atoms with Crippen LogP contribution < -0.4 is 10.1 Å². The standard InChI is InChI=1S/C24H26ClNO/c1-19(12-13-20-8-4-2-5-9-20)26-17-22-14-15-24(23(25)16-22)27-18-21-10-6-3-7-11-21/h2-11,14-16,19,26H,12-13,17-18H2,1H3/t19-/m0/s1. The number of benzene rings is 3. The average Bonchev–Trinajstić information content (AvgIpc) is 2.71. The Bertz CT molecular complexity index is 820. The van der Waals surface area contributed by atoms with E-state index in [0.29, 0.717) is 17.7 Å². The van der Waals surface area contributed by atoms with Gasteiger partial charge in [-0.25, -0.2) is 0 Å². The lowest BCUT2D eigenvalue weighted by Crippen LogP contribution is -2.25. The molecule has 0 aliphatic carbocycles. The summed E-state index contributed by atoms with van der Waals surface area (Å²) in [5, 5.41) is 4.23. The van der Waals surface area contributed by atoms with Crippen molar-refractivity contribution in [3.8, 4) is 5.75 Å². The third-order valence-corrected chi connectivity index (χ3v) is 4.89. The third-order valence-electron chi connectivity index (χ3n) is 4.60. The topological polar surface area (TPSA) is 21.3 Å². The summed E-state index contributed by atoms with van der Waals surface area (Å²) in [4.78, 5) is 0. The molecule has 3 aromatic rings. The fraction of sp³-hybridized carbons (Fsp3) is 0.250. The van der Waals surface area contributed by atoms with Crippen LogP contribution in [0.1, 0.15) is 30.0 Å². The van der Waals surface area contributed by atoms with Crippen LogP contribution in [0, 0.1) is 0 Å². The summed E-state index contributed by atoms with van der Waals surface area (Å²) in [5.74, 6) is 0.724. The molecule has 0 heterocycles. The van der Waals surface area contributed by atoms with Crippen molar-refractivity contribution in [1.82, 2.24) is 5.32 Å². The first-order valence-corrected chi connectivity index (χ1v) is 9.81. The molecule has 1 atom stereocenters. The molecule has 0 radical (unpaired) electrons. The maximum Gasteiger partial charge on any atom is 0.138 e. The monoisotopic (exact) mass is 379 g/mol. The van der Waals surface area contributed by atoms with Gasteiger partial charge in [0.15, 0.2) is 0 Å². The lowest BCUT2D eigenvalue weighted by atomic mass is 10.1. The van der Waals surface area contributed by atoms with Gasteiger partial charge in [-0.2, -0.15) is 0 Å². The fourth-order valence-corrected chi connectivity index (χ4v) is 3.19. The summed E-state index contributed by atoms with van der Waals surface area (Å²) in [7, 11) is 0. The first kappa shape index (κ1) is 19.5. The largest absolute Gasteiger partial charge is 0.487 e. The van der Waals surface area contributed by atoms with E-state index in [4.69, 9.17) is 16.3 Å². The Balaban J connectivity index is 1.45. The van der Waals surface area contributed by atoms with Crippen LogP contribution in [0.3, 0.4) is 0 Å². The van der Waals surface area contributed by atoms with E-state index in [1.165, 1.54) is 11.1 Å². The number of hydrogen-bond donors (Lipinski definition) is 1. The van der Waals surface area contributed by atoms with Gasteiger partial charge in [0.2, 0.25) is 0 Å². The summed E-state index contributed by atoms with van der Waals surface area (Å²) in [6.07, 6.45) is 2.19. The van der Waals surface area contributed by atoms with Crippen LogP contribution in [0.4, 0.5) is 0 Å². The second-order valence-electron chi connectivity index (χ2n) is 6.85. The molecule has 0 bridgehead atoms. The maximum absolute atomic E-state index is 6.40. The molecular weight excluding hydrogens is 354 g/mol. The average molecular weight is 380 g/mol. The highest BCUT2D eigenvalue weighted by molar-refractivity contribution is 6.32. The van der Waals surface area contributed by atoms with E-state index in [-0.39, 0.29) is 0 Å². The molecule has 3 aromatic carbocycles. The number of hydrogen-bond acceptors (Lipinski definition) is 2. The minimum atomic E-state index is 0.443. The van der Waals surface area contributed by atoms with Crippen LogP contribution in [0.15, 0.2) is 78.9 Å². The van der Waals surface area contributed by atoms with E-state index in [1.807, 2.05) is 42.5 Å². The molecule has 0 saturated carbocycles. The number of aryl methyl sites for hydroxylation is 1. The molecule has 0 aliphatic rings. The lowest BCUT2D eigenvalue weighted by Gasteiger charge is -2.15. The Hall–Kier alpha value is -2.29. The van der Waals surface area contributed by atoms with Crippen molar-refractivity contribution in [1.29, 1.82) is 0 Å². The van der Waals surface area contributed by atoms with Crippen molar-refractivity contribution >= 4 is 11.6 Å². The van der Waals surface area contributed by atoms with Crippen molar-refractivity contribution in [2.24, 2.45) is 0 Å². The molecule has 3 rings (SSSR count). The predicted molar refractivity (Wildman–Crippen MR) is 113 cm³/mol. The number of rotatable bonds is 9. The van der Waals surface area contributed by atoms with Gasteiger partial charge in [-0.05, 0) is 48.6 Å². The summed E-state index contributed by atoms with van der Waals surface area (Å²) < 4.78 is 5.84. The molecule has 0 saturated heterocycles. The van der Waals surface area contributed by atoms with E-state index in [2.05, 4.69) is 48.6 Å². The van der Waals surface area contributed by atoms with E-state index in [0.717, 1.165) is 30.7 Å². The zero-order valence-corrected chi connectivity index (χ0v) is 16.5. The van der Waals surface area contributed by atoms with Gasteiger partial charge in [0.1, 0.15) is 12.4 Å². The SMILES string of the molecule is C[C@@H](CCc1ccccc1)NCc1ccc(OCc2ccccc2)c(Cl)c1. The molecule has 2 nitrogen and oxygen atoms in total. The summed E-state index contributed by atoms with van der Waals surface area (Å²) in [5.41, 5.74) is 3.68. The first-order valence-electron chi connectivity index (χ1n) is 9.43. The molecule has 3 heteroatoms. The summed E-state index contributed by atoms with van der Waals surface area (Å²) >= 11 is 6.40. The van der Waals surface area contributed by atoms with Crippen molar-refractivity contribution in [2.45, 2.75) is 39.0 Å². The second kappa shape index (κ2) is 10.1. The Morgan fingerprint density at radius 3 is 2.19 bits per heavy atom. The molecular formula is C24H26ClNO. The van der Waals surface area contributed by atoms with Gasteiger partial charge in [0, 0.05) is 12.6 Å². The highest BCUT2D eigenvalue weighted by atomic mass is 35.5. The molecule has 140 valence electrons. The first-order chi connectivity index (χ1) is 13.2. The molecule has 0 unspecified atom stereocenters. The highest BCUT2D eigenvalue weighted by Crippen LogP contribution is 2.26. The summed E-state index contributed by atoms with van der Waals surface area (Å²) in [6, 6.07) is 27.2. The highest BCUT2D eigenvalue weighted by Gasteiger charge is 2.06. The van der Waals surface area contributed by atoms with Crippen molar-refractivity contribution < 1.29 is 4.74 Å². The van der Waals surface area contributed by atoms with Gasteiger partial charge in [-0.1, -0.05) is 78.3 Å². The molecule has 0 spiro atoms. The van der Waals surface area contributed by atoms with Crippen LogP contribution in [0.5, 0.6) is 5.75 Å². The van der Waals surface area contributed by atoms with Gasteiger partial charge in [0.05, 0.1) is 5.02 Å². The van der Waals surface area contributed by atoms with Gasteiger partial charge in [-0.15, -0.1) is 0 Å². The normalized spacial score (nSPS) is 11.9. The molecule has 1 N–H and O–H groups in total. The Morgan fingerprint density at radius 1 is 0.852 bits per heavy atom. The van der Waals surface area contributed by atoms with E-state index in [9.17, 15) is 0 Å².